The summed E-state index contributed by atoms with van der Waals surface area (Å²) < 4.78 is 23.5. The largest absolute Gasteiger partial charge is 0.325 e. The topological polar surface area (TPSA) is 113 Å². The van der Waals surface area contributed by atoms with Crippen LogP contribution in [0.1, 0.15) is 18.0 Å². The summed E-state index contributed by atoms with van der Waals surface area (Å²) in [5, 5.41) is 7.81. The third-order valence-corrected chi connectivity index (χ3v) is 5.40. The minimum Gasteiger partial charge on any atom is -0.325 e. The summed E-state index contributed by atoms with van der Waals surface area (Å²) in [5.74, 6) is -0.199. The summed E-state index contributed by atoms with van der Waals surface area (Å²) in [5.41, 5.74) is 7.69. The lowest BCUT2D eigenvalue weighted by Gasteiger charge is -2.11. The lowest BCUT2D eigenvalue weighted by molar-refractivity contribution is -0.117. The summed E-state index contributed by atoms with van der Waals surface area (Å²) in [6, 6.07) is 13.3. The third-order valence-electron chi connectivity index (χ3n) is 3.94. The number of amides is 1. The van der Waals surface area contributed by atoms with Gasteiger partial charge in [-0.15, -0.1) is 0 Å². The van der Waals surface area contributed by atoms with Crippen LogP contribution in [-0.2, 0) is 14.8 Å². The van der Waals surface area contributed by atoms with E-state index in [9.17, 15) is 13.2 Å². The lowest BCUT2D eigenvalue weighted by Crippen LogP contribution is -2.39. The normalized spacial score (nSPS) is 20.4. The van der Waals surface area contributed by atoms with Gasteiger partial charge in [-0.05, 0) is 48.4 Å². The van der Waals surface area contributed by atoms with Gasteiger partial charge < -0.3 is 5.32 Å². The van der Waals surface area contributed by atoms with Crippen LogP contribution in [-0.4, -0.2) is 20.4 Å². The van der Waals surface area contributed by atoms with Crippen LogP contribution in [0.5, 0.6) is 0 Å². The molecule has 0 spiro atoms. The van der Waals surface area contributed by atoms with E-state index in [1.165, 1.54) is 24.3 Å². The Bertz CT molecular complexity index is 869. The number of halogens is 1. The minimum absolute atomic E-state index is 0.00135. The Morgan fingerprint density at radius 3 is 2.32 bits per heavy atom. The summed E-state index contributed by atoms with van der Waals surface area (Å²) >= 11 is 3.40. The van der Waals surface area contributed by atoms with Crippen molar-refractivity contribution in [3.05, 3.63) is 58.6 Å². The van der Waals surface area contributed by atoms with Crippen LogP contribution in [0.3, 0.4) is 0 Å². The van der Waals surface area contributed by atoms with Crippen molar-refractivity contribution in [2.75, 3.05) is 5.32 Å². The number of carbonyl (C=O) groups is 1. The van der Waals surface area contributed by atoms with Gasteiger partial charge in [-0.1, -0.05) is 28.1 Å². The standard InChI is InChI=1S/C16H17BrN4O3S/c17-11-3-1-10(2-4-11)14-9-15(21-20-14)16(22)19-12-5-7-13(8-6-12)25(18,23)24/h1-8,14-15,20-21H,9H2,(H,19,22)(H2,18,23,24). The van der Waals surface area contributed by atoms with Gasteiger partial charge in [-0.2, -0.15) is 0 Å². The number of hydrogen-bond acceptors (Lipinski definition) is 5. The van der Waals surface area contributed by atoms with E-state index < -0.39 is 16.1 Å². The number of sulfonamides is 1. The number of rotatable bonds is 4. The number of carbonyl (C=O) groups excluding carboxylic acids is 1. The van der Waals surface area contributed by atoms with Gasteiger partial charge >= 0.3 is 0 Å². The van der Waals surface area contributed by atoms with E-state index in [1.807, 2.05) is 24.3 Å². The van der Waals surface area contributed by atoms with E-state index in [0.29, 0.717) is 12.1 Å². The number of nitrogens with two attached hydrogens (primary N) is 1. The summed E-state index contributed by atoms with van der Waals surface area (Å²) in [4.78, 5) is 12.4. The highest BCUT2D eigenvalue weighted by Gasteiger charge is 2.30. The second-order valence-corrected chi connectivity index (χ2v) is 8.22. The van der Waals surface area contributed by atoms with Crippen molar-refractivity contribution in [2.24, 2.45) is 5.14 Å². The molecule has 25 heavy (non-hydrogen) atoms. The first-order chi connectivity index (χ1) is 11.8. The fourth-order valence-corrected chi connectivity index (χ4v) is 3.38. The van der Waals surface area contributed by atoms with Gasteiger partial charge in [-0.25, -0.2) is 24.4 Å². The van der Waals surface area contributed by atoms with E-state index in [2.05, 4.69) is 32.1 Å². The third kappa shape index (κ3) is 4.44. The molecule has 2 aromatic carbocycles. The van der Waals surface area contributed by atoms with Gasteiger partial charge in [0.15, 0.2) is 0 Å². The molecule has 2 atom stereocenters. The average molecular weight is 425 g/mol. The highest BCUT2D eigenvalue weighted by atomic mass is 79.9. The first-order valence-corrected chi connectivity index (χ1v) is 9.87. The molecular weight excluding hydrogens is 408 g/mol. The van der Waals surface area contributed by atoms with Crippen molar-refractivity contribution < 1.29 is 13.2 Å². The molecular formula is C16H17BrN4O3S. The Kier molecular flexibility index (Phi) is 5.21. The van der Waals surface area contributed by atoms with Gasteiger partial charge in [0.25, 0.3) is 0 Å². The van der Waals surface area contributed by atoms with Gasteiger partial charge in [-0.3, -0.25) is 4.79 Å². The maximum absolute atomic E-state index is 12.4. The molecule has 0 saturated carbocycles. The zero-order chi connectivity index (χ0) is 18.0. The van der Waals surface area contributed by atoms with Crippen LogP contribution >= 0.6 is 15.9 Å². The fraction of sp³-hybridized carbons (Fsp3) is 0.188. The number of anilines is 1. The van der Waals surface area contributed by atoms with Crippen LogP contribution in [0.15, 0.2) is 57.9 Å². The second-order valence-electron chi connectivity index (χ2n) is 5.74. The predicted octanol–water partition coefficient (Wildman–Crippen LogP) is 1.64. The fourth-order valence-electron chi connectivity index (χ4n) is 2.60. The smallest absolute Gasteiger partial charge is 0.242 e. The molecule has 1 amide bonds. The van der Waals surface area contributed by atoms with Gasteiger partial charge in [0, 0.05) is 16.2 Å². The second kappa shape index (κ2) is 7.22. The highest BCUT2D eigenvalue weighted by Crippen LogP contribution is 2.24. The van der Waals surface area contributed by atoms with E-state index in [0.717, 1.165) is 10.0 Å². The molecule has 5 N–H and O–H groups in total. The number of hydrogen-bond donors (Lipinski definition) is 4. The monoisotopic (exact) mass is 424 g/mol. The molecule has 2 unspecified atom stereocenters. The molecule has 1 heterocycles. The van der Waals surface area contributed by atoms with Crippen molar-refractivity contribution in [3.63, 3.8) is 0 Å². The SMILES string of the molecule is NS(=O)(=O)c1ccc(NC(=O)C2CC(c3ccc(Br)cc3)NN2)cc1. The Labute approximate surface area is 154 Å². The summed E-state index contributed by atoms with van der Waals surface area (Å²) in [6.07, 6.45) is 0.600. The quantitative estimate of drug-likeness (QED) is 0.595. The molecule has 0 radical (unpaired) electrons. The number of primary sulfonamides is 1. The molecule has 7 nitrogen and oxygen atoms in total. The zero-order valence-electron chi connectivity index (χ0n) is 13.1. The Morgan fingerprint density at radius 2 is 1.72 bits per heavy atom. The Hall–Kier alpha value is -1.78. The van der Waals surface area contributed by atoms with Crippen molar-refractivity contribution >= 4 is 37.5 Å². The first kappa shape index (κ1) is 18.0. The molecule has 0 aliphatic carbocycles. The first-order valence-electron chi connectivity index (χ1n) is 7.53. The van der Waals surface area contributed by atoms with Gasteiger partial charge in [0.2, 0.25) is 15.9 Å². The van der Waals surface area contributed by atoms with Crippen LogP contribution in [0.25, 0.3) is 0 Å². The highest BCUT2D eigenvalue weighted by molar-refractivity contribution is 9.10. The molecule has 1 saturated heterocycles. The molecule has 1 aliphatic rings. The van der Waals surface area contributed by atoms with E-state index in [1.54, 1.807) is 0 Å². The number of nitrogens with one attached hydrogen (secondary N) is 3. The van der Waals surface area contributed by atoms with Crippen molar-refractivity contribution in [2.45, 2.75) is 23.4 Å². The summed E-state index contributed by atoms with van der Waals surface area (Å²) in [7, 11) is -3.74. The maximum atomic E-state index is 12.4. The molecule has 2 aromatic rings. The van der Waals surface area contributed by atoms with E-state index in [4.69, 9.17) is 5.14 Å². The molecule has 0 aromatic heterocycles. The van der Waals surface area contributed by atoms with Gasteiger partial charge in [0.05, 0.1) is 4.90 Å². The average Bonchev–Trinajstić information content (AvgIpc) is 3.05. The molecule has 3 rings (SSSR count). The van der Waals surface area contributed by atoms with Crippen molar-refractivity contribution in [3.8, 4) is 0 Å². The number of benzene rings is 2. The van der Waals surface area contributed by atoms with E-state index in [-0.39, 0.29) is 16.8 Å². The van der Waals surface area contributed by atoms with Crippen LogP contribution in [0.2, 0.25) is 0 Å². The van der Waals surface area contributed by atoms with Crippen LogP contribution in [0.4, 0.5) is 5.69 Å². The zero-order valence-corrected chi connectivity index (χ0v) is 15.5. The minimum atomic E-state index is -3.74. The molecule has 9 heteroatoms. The van der Waals surface area contributed by atoms with Crippen molar-refractivity contribution in [1.29, 1.82) is 0 Å². The van der Waals surface area contributed by atoms with Gasteiger partial charge in [0.1, 0.15) is 6.04 Å². The lowest BCUT2D eigenvalue weighted by atomic mass is 10.0. The molecule has 1 fully saturated rings. The molecule has 1 aliphatic heterocycles. The molecule has 132 valence electrons. The maximum Gasteiger partial charge on any atom is 0.242 e. The van der Waals surface area contributed by atoms with Crippen LogP contribution in [0, 0.1) is 0 Å². The summed E-state index contributed by atoms with van der Waals surface area (Å²) in [6.45, 7) is 0. The van der Waals surface area contributed by atoms with Crippen LogP contribution < -0.4 is 21.3 Å². The molecule has 0 bridgehead atoms. The predicted molar refractivity (Wildman–Crippen MR) is 98.0 cm³/mol. The Balaban J connectivity index is 1.61. The number of hydrazine groups is 1. The van der Waals surface area contributed by atoms with E-state index >= 15 is 0 Å². The Morgan fingerprint density at radius 1 is 1.08 bits per heavy atom. The van der Waals surface area contributed by atoms with Crippen molar-refractivity contribution in [1.82, 2.24) is 10.9 Å².